The number of rotatable bonds is 3. The third-order valence-corrected chi connectivity index (χ3v) is 4.66. The van der Waals surface area contributed by atoms with Crippen LogP contribution in [-0.2, 0) is 9.53 Å². The van der Waals surface area contributed by atoms with Crippen molar-refractivity contribution in [2.75, 3.05) is 31.9 Å². The van der Waals surface area contributed by atoms with Crippen LogP contribution in [-0.4, -0.2) is 59.3 Å². The molecule has 7 heteroatoms. The van der Waals surface area contributed by atoms with Crippen LogP contribution in [0.1, 0.15) is 20.8 Å². The Morgan fingerprint density at radius 2 is 1.79 bits per heavy atom. The number of thioether (sulfide) groups is 1. The van der Waals surface area contributed by atoms with Gasteiger partial charge in [0.25, 0.3) is 0 Å². The van der Waals surface area contributed by atoms with Crippen molar-refractivity contribution in [3.63, 3.8) is 0 Å². The molecule has 0 bridgehead atoms. The summed E-state index contributed by atoms with van der Waals surface area (Å²) >= 11 is 7.41. The molecular formula is C17H23ClN2O3S. The van der Waals surface area contributed by atoms with Crippen LogP contribution in [0.15, 0.2) is 29.2 Å². The second-order valence-corrected chi connectivity index (χ2v) is 8.08. The Hall–Kier alpha value is -1.40. The fourth-order valence-corrected chi connectivity index (χ4v) is 3.37. The van der Waals surface area contributed by atoms with Gasteiger partial charge in [-0.15, -0.1) is 11.8 Å². The molecule has 0 unspecified atom stereocenters. The predicted octanol–water partition coefficient (Wildman–Crippen LogP) is 3.51. The molecule has 1 aromatic carbocycles. The SMILES string of the molecule is CC(C)(C)OC(=O)N1CCN(C(=O)CSc2cccc(Cl)c2)CC1. The molecule has 1 saturated heterocycles. The molecule has 0 atom stereocenters. The lowest BCUT2D eigenvalue weighted by atomic mass is 10.2. The molecular weight excluding hydrogens is 348 g/mol. The summed E-state index contributed by atoms with van der Waals surface area (Å²) in [6.45, 7) is 7.61. The summed E-state index contributed by atoms with van der Waals surface area (Å²) in [5.74, 6) is 0.441. The second-order valence-electron chi connectivity index (χ2n) is 6.59. The number of carbonyl (C=O) groups excluding carboxylic acids is 2. The van der Waals surface area contributed by atoms with E-state index in [0.29, 0.717) is 37.0 Å². The predicted molar refractivity (Wildman–Crippen MR) is 96.6 cm³/mol. The van der Waals surface area contributed by atoms with E-state index in [1.165, 1.54) is 11.8 Å². The molecule has 1 heterocycles. The minimum absolute atomic E-state index is 0.0730. The maximum Gasteiger partial charge on any atom is 0.410 e. The van der Waals surface area contributed by atoms with Crippen LogP contribution in [0.25, 0.3) is 0 Å². The van der Waals surface area contributed by atoms with Crippen molar-refractivity contribution in [2.24, 2.45) is 0 Å². The first-order valence-corrected chi connectivity index (χ1v) is 9.25. The summed E-state index contributed by atoms with van der Waals surface area (Å²) in [4.78, 5) is 28.7. The van der Waals surface area contributed by atoms with Crippen molar-refractivity contribution < 1.29 is 14.3 Å². The Balaban J connectivity index is 1.77. The van der Waals surface area contributed by atoms with Crippen LogP contribution in [0.3, 0.4) is 0 Å². The lowest BCUT2D eigenvalue weighted by Crippen LogP contribution is -2.52. The molecule has 0 aromatic heterocycles. The van der Waals surface area contributed by atoms with Gasteiger partial charge in [-0.1, -0.05) is 17.7 Å². The topological polar surface area (TPSA) is 49.9 Å². The lowest BCUT2D eigenvalue weighted by Gasteiger charge is -2.35. The van der Waals surface area contributed by atoms with E-state index in [1.54, 1.807) is 9.80 Å². The monoisotopic (exact) mass is 370 g/mol. The van der Waals surface area contributed by atoms with Gasteiger partial charge in [0, 0.05) is 36.1 Å². The van der Waals surface area contributed by atoms with E-state index in [2.05, 4.69) is 0 Å². The van der Waals surface area contributed by atoms with E-state index < -0.39 is 5.60 Å². The highest BCUT2D eigenvalue weighted by atomic mass is 35.5. The maximum atomic E-state index is 12.3. The first-order valence-electron chi connectivity index (χ1n) is 7.89. The zero-order valence-electron chi connectivity index (χ0n) is 14.3. The van der Waals surface area contributed by atoms with Crippen molar-refractivity contribution in [2.45, 2.75) is 31.3 Å². The molecule has 24 heavy (non-hydrogen) atoms. The van der Waals surface area contributed by atoms with Crippen LogP contribution in [0.5, 0.6) is 0 Å². The van der Waals surface area contributed by atoms with E-state index in [0.717, 1.165) is 4.90 Å². The second kappa shape index (κ2) is 8.12. The van der Waals surface area contributed by atoms with Gasteiger partial charge in [-0.25, -0.2) is 4.79 Å². The number of piperazine rings is 1. The zero-order valence-corrected chi connectivity index (χ0v) is 15.8. The Kier molecular flexibility index (Phi) is 6.40. The molecule has 0 saturated carbocycles. The molecule has 0 radical (unpaired) electrons. The third kappa shape index (κ3) is 5.91. The summed E-state index contributed by atoms with van der Waals surface area (Å²) in [6, 6.07) is 7.46. The molecule has 2 amide bonds. The number of carbonyl (C=O) groups is 2. The zero-order chi connectivity index (χ0) is 17.7. The molecule has 1 fully saturated rings. The molecule has 1 aromatic rings. The van der Waals surface area contributed by atoms with Gasteiger partial charge >= 0.3 is 6.09 Å². The molecule has 5 nitrogen and oxygen atoms in total. The van der Waals surface area contributed by atoms with Gasteiger partial charge in [0.2, 0.25) is 5.91 Å². The standard InChI is InChI=1S/C17H23ClN2O3S/c1-17(2,3)23-16(22)20-9-7-19(8-10-20)15(21)12-24-14-6-4-5-13(18)11-14/h4-6,11H,7-10,12H2,1-3H3. The van der Waals surface area contributed by atoms with E-state index in [9.17, 15) is 9.59 Å². The van der Waals surface area contributed by atoms with Gasteiger partial charge in [-0.05, 0) is 39.0 Å². The van der Waals surface area contributed by atoms with Gasteiger partial charge in [0.15, 0.2) is 0 Å². The minimum atomic E-state index is -0.502. The fourth-order valence-electron chi connectivity index (χ4n) is 2.26. The summed E-state index contributed by atoms with van der Waals surface area (Å²) in [5, 5.41) is 0.665. The highest BCUT2D eigenvalue weighted by molar-refractivity contribution is 8.00. The Morgan fingerprint density at radius 1 is 1.17 bits per heavy atom. The Labute approximate surface area is 152 Å². The number of hydrogen-bond acceptors (Lipinski definition) is 4. The van der Waals surface area contributed by atoms with Gasteiger partial charge in [0.05, 0.1) is 5.75 Å². The highest BCUT2D eigenvalue weighted by Gasteiger charge is 2.27. The summed E-state index contributed by atoms with van der Waals surface area (Å²) in [6.07, 6.45) is -0.317. The number of ether oxygens (including phenoxy) is 1. The van der Waals surface area contributed by atoms with Gasteiger partial charge in [-0.2, -0.15) is 0 Å². The van der Waals surface area contributed by atoms with Crippen molar-refractivity contribution >= 4 is 35.4 Å². The number of amides is 2. The van der Waals surface area contributed by atoms with Crippen LogP contribution in [0, 0.1) is 0 Å². The van der Waals surface area contributed by atoms with Crippen molar-refractivity contribution in [1.29, 1.82) is 0 Å². The number of halogens is 1. The van der Waals surface area contributed by atoms with Crippen LogP contribution in [0.4, 0.5) is 4.79 Å². The summed E-state index contributed by atoms with van der Waals surface area (Å²) in [5.41, 5.74) is -0.502. The van der Waals surface area contributed by atoms with Crippen LogP contribution in [0.2, 0.25) is 5.02 Å². The van der Waals surface area contributed by atoms with Crippen molar-refractivity contribution in [1.82, 2.24) is 9.80 Å². The van der Waals surface area contributed by atoms with Crippen molar-refractivity contribution in [3.05, 3.63) is 29.3 Å². The first-order chi connectivity index (χ1) is 11.2. The first kappa shape index (κ1) is 18.9. The lowest BCUT2D eigenvalue weighted by molar-refractivity contribution is -0.130. The van der Waals surface area contributed by atoms with Crippen LogP contribution >= 0.6 is 23.4 Å². The smallest absolute Gasteiger partial charge is 0.410 e. The van der Waals surface area contributed by atoms with Crippen LogP contribution < -0.4 is 0 Å². The molecule has 1 aliphatic rings. The molecule has 1 aliphatic heterocycles. The van der Waals surface area contributed by atoms with E-state index in [4.69, 9.17) is 16.3 Å². The van der Waals surface area contributed by atoms with Gasteiger partial charge < -0.3 is 14.5 Å². The number of nitrogens with zero attached hydrogens (tertiary/aromatic N) is 2. The van der Waals surface area contributed by atoms with E-state index >= 15 is 0 Å². The van der Waals surface area contributed by atoms with Gasteiger partial charge in [0.1, 0.15) is 5.60 Å². The minimum Gasteiger partial charge on any atom is -0.444 e. The number of benzene rings is 1. The van der Waals surface area contributed by atoms with E-state index in [1.807, 2.05) is 45.0 Å². The normalized spacial score (nSPS) is 15.3. The van der Waals surface area contributed by atoms with Crippen molar-refractivity contribution in [3.8, 4) is 0 Å². The quantitative estimate of drug-likeness (QED) is 0.764. The Morgan fingerprint density at radius 3 is 2.38 bits per heavy atom. The van der Waals surface area contributed by atoms with Gasteiger partial charge in [-0.3, -0.25) is 4.79 Å². The fraction of sp³-hybridized carbons (Fsp3) is 0.529. The highest BCUT2D eigenvalue weighted by Crippen LogP contribution is 2.22. The molecule has 0 N–H and O–H groups in total. The third-order valence-electron chi connectivity index (χ3n) is 3.44. The molecule has 0 spiro atoms. The largest absolute Gasteiger partial charge is 0.444 e. The average molecular weight is 371 g/mol. The summed E-state index contributed by atoms with van der Waals surface area (Å²) < 4.78 is 5.36. The maximum absolute atomic E-state index is 12.3. The Bertz CT molecular complexity index is 596. The number of hydrogen-bond donors (Lipinski definition) is 0. The van der Waals surface area contributed by atoms with E-state index in [-0.39, 0.29) is 12.0 Å². The molecule has 132 valence electrons. The average Bonchev–Trinajstić information content (AvgIpc) is 2.51. The molecule has 2 rings (SSSR count). The summed E-state index contributed by atoms with van der Waals surface area (Å²) in [7, 11) is 0. The molecule has 0 aliphatic carbocycles.